The minimum atomic E-state index is 0.0235. The Morgan fingerprint density at radius 3 is 2.83 bits per heavy atom. The van der Waals surface area contributed by atoms with Gasteiger partial charge in [-0.2, -0.15) is 0 Å². The maximum absolute atomic E-state index is 12.8. The van der Waals surface area contributed by atoms with Crippen molar-refractivity contribution in [1.82, 2.24) is 19.8 Å². The number of piperidine rings is 1. The largest absolute Gasteiger partial charge is 0.352 e. The topological polar surface area (TPSA) is 50.2 Å². The SMILES string of the molecule is O=C(NCc1cccc(Cn2ccnc2)c1)C1CCCN(Cc2ccccc2Cl)C1. The van der Waals surface area contributed by atoms with E-state index in [0.29, 0.717) is 6.54 Å². The summed E-state index contributed by atoms with van der Waals surface area (Å²) in [5.41, 5.74) is 3.43. The van der Waals surface area contributed by atoms with Crippen molar-refractivity contribution in [3.63, 3.8) is 0 Å². The zero-order valence-electron chi connectivity index (χ0n) is 17.0. The van der Waals surface area contributed by atoms with Gasteiger partial charge in [0.05, 0.1) is 12.2 Å². The Kier molecular flexibility index (Phi) is 6.82. The number of rotatable bonds is 7. The monoisotopic (exact) mass is 422 g/mol. The van der Waals surface area contributed by atoms with Gasteiger partial charge in [0.2, 0.25) is 5.91 Å². The molecule has 1 aromatic heterocycles. The van der Waals surface area contributed by atoms with Gasteiger partial charge in [-0.1, -0.05) is 54.1 Å². The summed E-state index contributed by atoms with van der Waals surface area (Å²) in [5.74, 6) is 0.161. The van der Waals surface area contributed by atoms with Crippen molar-refractivity contribution in [2.75, 3.05) is 13.1 Å². The molecule has 5 nitrogen and oxygen atoms in total. The molecule has 1 unspecified atom stereocenters. The van der Waals surface area contributed by atoms with Gasteiger partial charge in [0, 0.05) is 43.6 Å². The second-order valence-electron chi connectivity index (χ2n) is 7.94. The van der Waals surface area contributed by atoms with Crippen LogP contribution in [0.3, 0.4) is 0 Å². The molecule has 6 heteroatoms. The van der Waals surface area contributed by atoms with E-state index in [2.05, 4.69) is 39.5 Å². The summed E-state index contributed by atoms with van der Waals surface area (Å²) < 4.78 is 2.04. The van der Waals surface area contributed by atoms with Crippen LogP contribution in [0.4, 0.5) is 0 Å². The molecule has 0 bridgehead atoms. The van der Waals surface area contributed by atoms with E-state index in [1.165, 1.54) is 5.56 Å². The number of nitrogens with one attached hydrogen (secondary N) is 1. The van der Waals surface area contributed by atoms with E-state index in [-0.39, 0.29) is 11.8 Å². The lowest BCUT2D eigenvalue weighted by molar-refractivity contribution is -0.126. The van der Waals surface area contributed by atoms with Gasteiger partial charge >= 0.3 is 0 Å². The van der Waals surface area contributed by atoms with Crippen molar-refractivity contribution in [2.24, 2.45) is 5.92 Å². The normalized spacial score (nSPS) is 17.0. The van der Waals surface area contributed by atoms with E-state index < -0.39 is 0 Å². The van der Waals surface area contributed by atoms with Gasteiger partial charge in [-0.25, -0.2) is 4.98 Å². The van der Waals surface area contributed by atoms with Crippen molar-refractivity contribution in [3.8, 4) is 0 Å². The minimum absolute atomic E-state index is 0.0235. The lowest BCUT2D eigenvalue weighted by Gasteiger charge is -2.32. The summed E-state index contributed by atoms with van der Waals surface area (Å²) in [6.07, 6.45) is 7.51. The molecule has 1 fully saturated rings. The molecule has 2 aromatic carbocycles. The van der Waals surface area contributed by atoms with Crippen LogP contribution in [0.25, 0.3) is 0 Å². The van der Waals surface area contributed by atoms with E-state index in [1.807, 2.05) is 41.4 Å². The van der Waals surface area contributed by atoms with Crippen molar-refractivity contribution in [1.29, 1.82) is 0 Å². The van der Waals surface area contributed by atoms with Crippen LogP contribution in [0.2, 0.25) is 5.02 Å². The first kappa shape index (κ1) is 20.6. The molecule has 1 aliphatic rings. The zero-order chi connectivity index (χ0) is 20.8. The highest BCUT2D eigenvalue weighted by Crippen LogP contribution is 2.22. The molecule has 0 spiro atoms. The average molecular weight is 423 g/mol. The van der Waals surface area contributed by atoms with Crippen molar-refractivity contribution in [2.45, 2.75) is 32.5 Å². The molecule has 2 heterocycles. The number of nitrogens with zero attached hydrogens (tertiary/aromatic N) is 3. The molecule has 0 radical (unpaired) electrons. The number of likely N-dealkylation sites (tertiary alicyclic amines) is 1. The summed E-state index contributed by atoms with van der Waals surface area (Å²) in [7, 11) is 0. The van der Waals surface area contributed by atoms with Gasteiger partial charge in [0.1, 0.15) is 0 Å². The summed E-state index contributed by atoms with van der Waals surface area (Å²) in [6, 6.07) is 16.3. The lowest BCUT2D eigenvalue weighted by atomic mass is 9.96. The number of amides is 1. The summed E-state index contributed by atoms with van der Waals surface area (Å²) >= 11 is 6.31. The van der Waals surface area contributed by atoms with Crippen LogP contribution in [0.1, 0.15) is 29.5 Å². The molecule has 3 aromatic rings. The molecule has 1 saturated heterocycles. The predicted octanol–water partition coefficient (Wildman–Crippen LogP) is 4.11. The highest BCUT2D eigenvalue weighted by molar-refractivity contribution is 6.31. The van der Waals surface area contributed by atoms with Gasteiger partial charge in [-0.3, -0.25) is 9.69 Å². The van der Waals surface area contributed by atoms with Crippen LogP contribution in [0.5, 0.6) is 0 Å². The number of carbonyl (C=O) groups is 1. The molecule has 1 aliphatic heterocycles. The molecule has 156 valence electrons. The van der Waals surface area contributed by atoms with Gasteiger partial charge in [0.15, 0.2) is 0 Å². The van der Waals surface area contributed by atoms with Crippen LogP contribution in [0, 0.1) is 5.92 Å². The van der Waals surface area contributed by atoms with Crippen molar-refractivity contribution in [3.05, 3.63) is 89.0 Å². The van der Waals surface area contributed by atoms with E-state index in [1.54, 1.807) is 6.20 Å². The first-order valence-electron chi connectivity index (χ1n) is 10.4. The van der Waals surface area contributed by atoms with E-state index >= 15 is 0 Å². The zero-order valence-corrected chi connectivity index (χ0v) is 17.8. The number of hydrogen-bond acceptors (Lipinski definition) is 3. The Morgan fingerprint density at radius 1 is 1.13 bits per heavy atom. The Hall–Kier alpha value is -2.63. The number of aromatic nitrogens is 2. The fraction of sp³-hybridized carbons (Fsp3) is 0.333. The Labute approximate surface area is 182 Å². The first-order chi connectivity index (χ1) is 14.7. The van der Waals surface area contributed by atoms with Crippen LogP contribution < -0.4 is 5.32 Å². The standard InChI is InChI=1S/C24H27ClN4O/c25-23-9-2-1-7-21(23)16-28-11-4-8-22(17-28)24(30)27-14-19-5-3-6-20(13-19)15-29-12-10-26-18-29/h1-3,5-7,9-10,12-13,18,22H,4,8,11,14-17H2,(H,27,30). The van der Waals surface area contributed by atoms with Gasteiger partial charge in [-0.05, 0) is 42.1 Å². The minimum Gasteiger partial charge on any atom is -0.352 e. The molecular weight excluding hydrogens is 396 g/mol. The Bertz CT molecular complexity index is 973. The van der Waals surface area contributed by atoms with Crippen LogP contribution in [-0.4, -0.2) is 33.4 Å². The lowest BCUT2D eigenvalue weighted by Crippen LogP contribution is -2.42. The third-order valence-corrected chi connectivity index (χ3v) is 5.98. The highest BCUT2D eigenvalue weighted by atomic mass is 35.5. The molecule has 1 N–H and O–H groups in total. The number of hydrogen-bond donors (Lipinski definition) is 1. The Balaban J connectivity index is 1.30. The maximum Gasteiger partial charge on any atom is 0.224 e. The quantitative estimate of drug-likeness (QED) is 0.623. The molecule has 30 heavy (non-hydrogen) atoms. The second kappa shape index (κ2) is 9.92. The third kappa shape index (κ3) is 5.49. The number of carbonyl (C=O) groups excluding carboxylic acids is 1. The number of benzene rings is 2. The van der Waals surface area contributed by atoms with Gasteiger partial charge in [0.25, 0.3) is 0 Å². The summed E-state index contributed by atoms with van der Waals surface area (Å²) in [4.78, 5) is 19.2. The molecule has 4 rings (SSSR count). The first-order valence-corrected chi connectivity index (χ1v) is 10.8. The number of halogens is 1. The van der Waals surface area contributed by atoms with E-state index in [4.69, 9.17) is 11.6 Å². The molecule has 0 saturated carbocycles. The fourth-order valence-corrected chi connectivity index (χ4v) is 4.24. The van der Waals surface area contributed by atoms with Crippen molar-refractivity contribution >= 4 is 17.5 Å². The highest BCUT2D eigenvalue weighted by Gasteiger charge is 2.25. The molecule has 1 atom stereocenters. The van der Waals surface area contributed by atoms with E-state index in [9.17, 15) is 4.79 Å². The van der Waals surface area contributed by atoms with Crippen LogP contribution in [-0.2, 0) is 24.4 Å². The average Bonchev–Trinajstić information content (AvgIpc) is 3.27. The summed E-state index contributed by atoms with van der Waals surface area (Å²) in [5, 5.41) is 3.93. The van der Waals surface area contributed by atoms with Crippen LogP contribution in [0.15, 0.2) is 67.3 Å². The maximum atomic E-state index is 12.8. The fourth-order valence-electron chi connectivity index (χ4n) is 4.04. The van der Waals surface area contributed by atoms with Gasteiger partial charge < -0.3 is 9.88 Å². The summed E-state index contributed by atoms with van der Waals surface area (Å²) in [6.45, 7) is 3.90. The van der Waals surface area contributed by atoms with Crippen molar-refractivity contribution < 1.29 is 4.79 Å². The molecule has 0 aliphatic carbocycles. The van der Waals surface area contributed by atoms with Gasteiger partial charge in [-0.15, -0.1) is 0 Å². The van der Waals surface area contributed by atoms with E-state index in [0.717, 1.165) is 55.2 Å². The number of imidazole rings is 1. The Morgan fingerprint density at radius 2 is 2.00 bits per heavy atom. The van der Waals surface area contributed by atoms with Crippen LogP contribution >= 0.6 is 11.6 Å². The molecule has 1 amide bonds. The third-order valence-electron chi connectivity index (χ3n) is 5.61. The second-order valence-corrected chi connectivity index (χ2v) is 8.35. The smallest absolute Gasteiger partial charge is 0.224 e. The predicted molar refractivity (Wildman–Crippen MR) is 119 cm³/mol. The molecular formula is C24H27ClN4O.